The summed E-state index contributed by atoms with van der Waals surface area (Å²) < 4.78 is 11.1. The quantitative estimate of drug-likeness (QED) is 0.493. The molecule has 0 radical (unpaired) electrons. The van der Waals surface area contributed by atoms with Crippen molar-refractivity contribution in [2.24, 2.45) is 5.92 Å². The zero-order valence-electron chi connectivity index (χ0n) is 20.2. The van der Waals surface area contributed by atoms with Gasteiger partial charge in [0.25, 0.3) is 5.91 Å². The molecular formula is C29H34N2O3. The van der Waals surface area contributed by atoms with Crippen molar-refractivity contribution in [2.45, 2.75) is 45.2 Å². The smallest absolute Gasteiger partial charge is 0.257 e. The number of hydrogen-bond acceptors (Lipinski definition) is 4. The molecule has 0 spiro atoms. The molecule has 1 aromatic heterocycles. The van der Waals surface area contributed by atoms with Crippen LogP contribution in [-0.4, -0.2) is 48.5 Å². The number of ether oxygens (including phenoxy) is 1. The fourth-order valence-corrected chi connectivity index (χ4v) is 5.52. The van der Waals surface area contributed by atoms with Crippen molar-refractivity contribution >= 4 is 5.91 Å². The fraction of sp³-hybridized carbons (Fsp3) is 0.414. The third-order valence-corrected chi connectivity index (χ3v) is 7.53. The second kappa shape index (κ2) is 10.1. The predicted molar refractivity (Wildman–Crippen MR) is 133 cm³/mol. The molecule has 1 unspecified atom stereocenters. The molecule has 34 heavy (non-hydrogen) atoms. The van der Waals surface area contributed by atoms with E-state index in [9.17, 15) is 4.79 Å². The van der Waals surface area contributed by atoms with E-state index in [-0.39, 0.29) is 11.9 Å². The van der Waals surface area contributed by atoms with Crippen molar-refractivity contribution in [3.8, 4) is 5.75 Å². The van der Waals surface area contributed by atoms with Gasteiger partial charge in [0.05, 0.1) is 18.4 Å². The van der Waals surface area contributed by atoms with Crippen molar-refractivity contribution in [1.82, 2.24) is 9.80 Å². The first kappa shape index (κ1) is 22.7. The summed E-state index contributed by atoms with van der Waals surface area (Å²) in [6, 6.07) is 19.1. The molecule has 3 aromatic rings. The Morgan fingerprint density at radius 3 is 2.62 bits per heavy atom. The number of piperidine rings is 1. The highest BCUT2D eigenvalue weighted by molar-refractivity contribution is 5.95. The van der Waals surface area contributed by atoms with Gasteiger partial charge in [0.15, 0.2) is 0 Å². The Morgan fingerprint density at radius 1 is 1.09 bits per heavy atom. The highest BCUT2D eigenvalue weighted by Gasteiger charge is 2.32. The fourth-order valence-electron chi connectivity index (χ4n) is 5.52. The Hall–Kier alpha value is -3.05. The summed E-state index contributed by atoms with van der Waals surface area (Å²) in [6.07, 6.45) is 5.67. The number of benzene rings is 2. The Kier molecular flexibility index (Phi) is 6.73. The third kappa shape index (κ3) is 4.90. The lowest BCUT2D eigenvalue weighted by Crippen LogP contribution is -2.47. The van der Waals surface area contributed by atoms with E-state index in [1.807, 2.05) is 24.9 Å². The maximum Gasteiger partial charge on any atom is 0.257 e. The number of hydrogen-bond donors (Lipinski definition) is 0. The van der Waals surface area contributed by atoms with Crippen LogP contribution in [0.2, 0.25) is 0 Å². The minimum absolute atomic E-state index is 0.0509. The van der Waals surface area contributed by atoms with E-state index in [1.165, 1.54) is 16.7 Å². The summed E-state index contributed by atoms with van der Waals surface area (Å²) in [6.45, 7) is 5.74. The lowest BCUT2D eigenvalue weighted by atomic mass is 9.84. The SMILES string of the molecule is Cc1occc1C(=O)N(C)C(Cc1ccccc1)C1CCN(Cc2ccc3c(c2)CCO3)CC1. The molecule has 0 saturated carbocycles. The molecule has 5 rings (SSSR count). The number of fused-ring (bicyclic) bond motifs is 1. The molecule has 2 aliphatic rings. The summed E-state index contributed by atoms with van der Waals surface area (Å²) in [4.78, 5) is 17.9. The molecule has 1 amide bonds. The maximum atomic E-state index is 13.3. The largest absolute Gasteiger partial charge is 0.493 e. The number of carbonyl (C=O) groups is 1. The predicted octanol–water partition coefficient (Wildman–Crippen LogP) is 5.12. The second-order valence-corrected chi connectivity index (χ2v) is 9.72. The van der Waals surface area contributed by atoms with Crippen molar-refractivity contribution in [3.05, 3.63) is 88.9 Å². The molecule has 1 fully saturated rings. The minimum Gasteiger partial charge on any atom is -0.493 e. The molecule has 0 aliphatic carbocycles. The van der Waals surface area contributed by atoms with Crippen LogP contribution in [0.1, 0.15) is 45.7 Å². The highest BCUT2D eigenvalue weighted by Crippen LogP contribution is 2.30. The molecule has 2 aliphatic heterocycles. The van der Waals surface area contributed by atoms with Crippen LogP contribution in [0.4, 0.5) is 0 Å². The van der Waals surface area contributed by atoms with Gasteiger partial charge < -0.3 is 14.1 Å². The van der Waals surface area contributed by atoms with Crippen LogP contribution in [0.15, 0.2) is 65.3 Å². The number of nitrogens with zero attached hydrogens (tertiary/aromatic N) is 2. The third-order valence-electron chi connectivity index (χ3n) is 7.53. The van der Waals surface area contributed by atoms with Gasteiger partial charge in [-0.3, -0.25) is 9.69 Å². The van der Waals surface area contributed by atoms with Crippen molar-refractivity contribution in [2.75, 3.05) is 26.7 Å². The van der Waals surface area contributed by atoms with Crippen LogP contribution in [0.25, 0.3) is 0 Å². The summed E-state index contributed by atoms with van der Waals surface area (Å²) in [5, 5.41) is 0. The molecule has 5 heteroatoms. The van der Waals surface area contributed by atoms with Crippen LogP contribution < -0.4 is 4.74 Å². The molecule has 0 bridgehead atoms. The van der Waals surface area contributed by atoms with Crippen LogP contribution in [0.3, 0.4) is 0 Å². The van der Waals surface area contributed by atoms with E-state index in [4.69, 9.17) is 9.15 Å². The van der Waals surface area contributed by atoms with Gasteiger partial charge in [-0.2, -0.15) is 0 Å². The normalized spacial score (nSPS) is 17.2. The first-order valence-electron chi connectivity index (χ1n) is 12.4. The second-order valence-electron chi connectivity index (χ2n) is 9.72. The number of rotatable bonds is 7. The Bertz CT molecular complexity index is 1120. The molecule has 2 aromatic carbocycles. The van der Waals surface area contributed by atoms with Gasteiger partial charge in [0.1, 0.15) is 11.5 Å². The van der Waals surface area contributed by atoms with E-state index >= 15 is 0 Å². The Morgan fingerprint density at radius 2 is 1.88 bits per heavy atom. The minimum atomic E-state index is 0.0509. The van der Waals surface area contributed by atoms with E-state index < -0.39 is 0 Å². The average Bonchev–Trinajstić information content (AvgIpc) is 3.51. The van der Waals surface area contributed by atoms with Crippen molar-refractivity contribution in [3.63, 3.8) is 0 Å². The van der Waals surface area contributed by atoms with Crippen LogP contribution >= 0.6 is 0 Å². The first-order valence-corrected chi connectivity index (χ1v) is 12.4. The average molecular weight is 459 g/mol. The van der Waals surface area contributed by atoms with Gasteiger partial charge in [0, 0.05) is 26.1 Å². The molecule has 3 heterocycles. The summed E-state index contributed by atoms with van der Waals surface area (Å²) in [5.41, 5.74) is 4.65. The maximum absolute atomic E-state index is 13.3. The van der Waals surface area contributed by atoms with Crippen molar-refractivity contribution < 1.29 is 13.9 Å². The van der Waals surface area contributed by atoms with Gasteiger partial charge in [-0.1, -0.05) is 42.5 Å². The van der Waals surface area contributed by atoms with E-state index in [1.54, 1.807) is 12.3 Å². The van der Waals surface area contributed by atoms with E-state index in [2.05, 4.69) is 47.4 Å². The first-order chi connectivity index (χ1) is 16.6. The summed E-state index contributed by atoms with van der Waals surface area (Å²) in [5.74, 6) is 2.25. The van der Waals surface area contributed by atoms with Gasteiger partial charge in [-0.05, 0) is 74.0 Å². The number of carbonyl (C=O) groups excluding carboxylic acids is 1. The standard InChI is InChI=1S/C29H34N2O3/c1-21-26(13-17-33-21)29(32)30(2)27(19-22-6-4-3-5-7-22)24-10-14-31(15-11-24)20-23-8-9-28-25(18-23)12-16-34-28/h3-9,13,17-18,24,27H,10-12,14-16,19-20H2,1-2H3. The zero-order valence-corrected chi connectivity index (χ0v) is 20.2. The van der Waals surface area contributed by atoms with Crippen LogP contribution in [0, 0.1) is 12.8 Å². The van der Waals surface area contributed by atoms with Crippen LogP contribution in [-0.2, 0) is 19.4 Å². The monoisotopic (exact) mass is 458 g/mol. The zero-order chi connectivity index (χ0) is 23.5. The lowest BCUT2D eigenvalue weighted by molar-refractivity contribution is 0.0583. The van der Waals surface area contributed by atoms with Gasteiger partial charge >= 0.3 is 0 Å². The number of furan rings is 1. The highest BCUT2D eigenvalue weighted by atomic mass is 16.5. The molecule has 1 atom stereocenters. The molecule has 0 N–H and O–H groups in total. The van der Waals surface area contributed by atoms with Gasteiger partial charge in [-0.25, -0.2) is 0 Å². The summed E-state index contributed by atoms with van der Waals surface area (Å²) >= 11 is 0. The number of likely N-dealkylation sites (N-methyl/N-ethyl adjacent to an activating group) is 1. The molecular weight excluding hydrogens is 424 g/mol. The number of amides is 1. The van der Waals surface area contributed by atoms with E-state index in [0.29, 0.717) is 17.2 Å². The molecule has 1 saturated heterocycles. The summed E-state index contributed by atoms with van der Waals surface area (Å²) in [7, 11) is 1.96. The topological polar surface area (TPSA) is 45.9 Å². The van der Waals surface area contributed by atoms with Gasteiger partial charge in [-0.15, -0.1) is 0 Å². The van der Waals surface area contributed by atoms with E-state index in [0.717, 1.165) is 57.7 Å². The lowest BCUT2D eigenvalue weighted by Gasteiger charge is -2.40. The molecule has 178 valence electrons. The van der Waals surface area contributed by atoms with Crippen LogP contribution in [0.5, 0.6) is 5.75 Å². The Labute approximate surface area is 202 Å². The molecule has 5 nitrogen and oxygen atoms in total. The number of likely N-dealkylation sites (tertiary alicyclic amines) is 1. The van der Waals surface area contributed by atoms with Gasteiger partial charge in [0.2, 0.25) is 0 Å². The Balaban J connectivity index is 1.27. The van der Waals surface area contributed by atoms with Crippen molar-refractivity contribution in [1.29, 1.82) is 0 Å². The number of aryl methyl sites for hydroxylation is 1.